The molecular formula is C26H17F7O4. The number of ether oxygens (including phenoxy) is 4. The second-order valence-corrected chi connectivity index (χ2v) is 9.14. The molecule has 194 valence electrons. The van der Waals surface area contributed by atoms with Gasteiger partial charge in [-0.2, -0.15) is 13.2 Å². The molecule has 11 heteroatoms. The van der Waals surface area contributed by atoms with Gasteiger partial charge in [0.2, 0.25) is 0 Å². The first-order valence-electron chi connectivity index (χ1n) is 10.9. The Balaban J connectivity index is 1.37. The molecule has 0 spiro atoms. The second-order valence-electron chi connectivity index (χ2n) is 9.14. The fraction of sp³-hybridized carbons (Fsp3) is 0.308. The molecule has 0 amide bonds. The minimum atomic E-state index is -4.92. The van der Waals surface area contributed by atoms with Crippen LogP contribution in [0.25, 0.3) is 10.8 Å². The second kappa shape index (κ2) is 8.90. The standard InChI is InChI=1S/C26H17F7O4/c1-24-11-35-26(36-12-24,37-13-24)16-8-20(28)23(21(29)9-16)34-10-14-2-3-17-15(6-14)7-19(27)18(22(17)30)4-5-25(31,32)33/h2-3,6-9H,10-13H2,1H3. The van der Waals surface area contributed by atoms with Crippen molar-refractivity contribution in [2.45, 2.75) is 25.7 Å². The number of fused-ring (bicyclic) bond motifs is 4. The van der Waals surface area contributed by atoms with Crippen LogP contribution in [0.3, 0.4) is 0 Å². The van der Waals surface area contributed by atoms with E-state index >= 15 is 0 Å². The zero-order chi connectivity index (χ0) is 26.6. The molecule has 0 unspecified atom stereocenters. The normalized spacial score (nSPS) is 23.1. The molecular weight excluding hydrogens is 509 g/mol. The third-order valence-electron chi connectivity index (χ3n) is 5.99. The number of rotatable bonds is 4. The van der Waals surface area contributed by atoms with Crippen LogP contribution < -0.4 is 4.74 Å². The molecule has 0 aromatic heterocycles. The molecule has 3 aliphatic heterocycles. The Kier molecular flexibility index (Phi) is 6.09. The van der Waals surface area contributed by atoms with Gasteiger partial charge in [-0.15, -0.1) is 0 Å². The lowest BCUT2D eigenvalue weighted by Crippen LogP contribution is -2.57. The molecule has 2 bridgehead atoms. The van der Waals surface area contributed by atoms with Crippen LogP contribution in [0.1, 0.15) is 23.6 Å². The number of halogens is 7. The molecule has 3 saturated heterocycles. The van der Waals surface area contributed by atoms with Gasteiger partial charge < -0.3 is 18.9 Å². The lowest BCUT2D eigenvalue weighted by atomic mass is 9.91. The van der Waals surface area contributed by atoms with Crippen molar-refractivity contribution in [2.75, 3.05) is 19.8 Å². The molecule has 3 aromatic carbocycles. The van der Waals surface area contributed by atoms with Gasteiger partial charge in [0, 0.05) is 22.3 Å². The minimum absolute atomic E-state index is 0.00269. The molecule has 6 rings (SSSR count). The predicted octanol–water partition coefficient (Wildman–Crippen LogP) is 6.08. The van der Waals surface area contributed by atoms with Crippen molar-refractivity contribution in [3.63, 3.8) is 0 Å². The van der Waals surface area contributed by atoms with E-state index in [4.69, 9.17) is 18.9 Å². The van der Waals surface area contributed by atoms with Gasteiger partial charge in [-0.1, -0.05) is 25.0 Å². The van der Waals surface area contributed by atoms with Crippen LogP contribution in [0.5, 0.6) is 5.75 Å². The third kappa shape index (κ3) is 4.84. The summed E-state index contributed by atoms with van der Waals surface area (Å²) < 4.78 is 117. The maximum absolute atomic E-state index is 14.8. The molecule has 3 aliphatic rings. The van der Waals surface area contributed by atoms with Crippen LogP contribution in [0.4, 0.5) is 30.7 Å². The van der Waals surface area contributed by atoms with Crippen molar-refractivity contribution < 1.29 is 49.7 Å². The summed E-state index contributed by atoms with van der Waals surface area (Å²) in [5.41, 5.74) is -1.09. The quantitative estimate of drug-likeness (QED) is 0.305. The first-order chi connectivity index (χ1) is 17.4. The molecule has 37 heavy (non-hydrogen) atoms. The summed E-state index contributed by atoms with van der Waals surface area (Å²) >= 11 is 0. The van der Waals surface area contributed by atoms with Crippen LogP contribution in [-0.2, 0) is 26.8 Å². The van der Waals surface area contributed by atoms with Gasteiger partial charge in [-0.25, -0.2) is 17.6 Å². The fourth-order valence-electron chi connectivity index (χ4n) is 4.06. The lowest BCUT2D eigenvalue weighted by Gasteiger charge is -2.50. The van der Waals surface area contributed by atoms with Crippen LogP contribution in [0.15, 0.2) is 36.4 Å². The minimum Gasteiger partial charge on any atom is -0.483 e. The van der Waals surface area contributed by atoms with E-state index in [-0.39, 0.29) is 53.7 Å². The van der Waals surface area contributed by atoms with E-state index < -0.39 is 46.7 Å². The fourth-order valence-corrected chi connectivity index (χ4v) is 4.06. The topological polar surface area (TPSA) is 36.9 Å². The van der Waals surface area contributed by atoms with E-state index in [1.165, 1.54) is 24.1 Å². The Morgan fingerprint density at radius 3 is 2.11 bits per heavy atom. The third-order valence-corrected chi connectivity index (χ3v) is 5.99. The largest absolute Gasteiger partial charge is 0.483 e. The Bertz CT molecular complexity index is 1410. The van der Waals surface area contributed by atoms with E-state index in [1.807, 2.05) is 6.92 Å². The van der Waals surface area contributed by atoms with Gasteiger partial charge in [0.1, 0.15) is 18.2 Å². The van der Waals surface area contributed by atoms with E-state index in [9.17, 15) is 30.7 Å². The van der Waals surface area contributed by atoms with E-state index in [1.54, 1.807) is 0 Å². The summed E-state index contributed by atoms with van der Waals surface area (Å²) in [7, 11) is 0. The smallest absolute Gasteiger partial charge is 0.458 e. The average Bonchev–Trinajstić information content (AvgIpc) is 2.83. The first kappa shape index (κ1) is 25.3. The first-order valence-corrected chi connectivity index (χ1v) is 10.9. The highest BCUT2D eigenvalue weighted by Crippen LogP contribution is 2.45. The van der Waals surface area contributed by atoms with Crippen LogP contribution in [0, 0.1) is 40.5 Å². The number of alkyl halides is 3. The highest BCUT2D eigenvalue weighted by molar-refractivity contribution is 5.85. The van der Waals surface area contributed by atoms with Gasteiger partial charge in [-0.05, 0) is 35.2 Å². The lowest BCUT2D eigenvalue weighted by molar-refractivity contribution is -0.477. The molecule has 0 saturated carbocycles. The zero-order valence-corrected chi connectivity index (χ0v) is 19.1. The van der Waals surface area contributed by atoms with Crippen LogP contribution in [0.2, 0.25) is 0 Å². The average molecular weight is 526 g/mol. The summed E-state index contributed by atoms with van der Waals surface area (Å²) in [6.45, 7) is 2.37. The van der Waals surface area contributed by atoms with E-state index in [0.717, 1.165) is 24.1 Å². The number of benzene rings is 3. The van der Waals surface area contributed by atoms with Crippen molar-refractivity contribution in [1.29, 1.82) is 0 Å². The highest BCUT2D eigenvalue weighted by atomic mass is 19.4. The Morgan fingerprint density at radius 2 is 1.51 bits per heavy atom. The summed E-state index contributed by atoms with van der Waals surface area (Å²) in [5.74, 6) is -4.77. The molecule has 0 radical (unpaired) electrons. The van der Waals surface area contributed by atoms with Gasteiger partial charge in [0.05, 0.1) is 25.4 Å². The van der Waals surface area contributed by atoms with Gasteiger partial charge in [0.25, 0.3) is 0 Å². The SMILES string of the molecule is CC12COC(c3cc(F)c(OCc4ccc5c(F)c(C#CC(F)(F)F)c(F)cc5c4)c(F)c3)(OC1)OC2. The van der Waals surface area contributed by atoms with Crippen LogP contribution >= 0.6 is 0 Å². The van der Waals surface area contributed by atoms with Gasteiger partial charge >= 0.3 is 12.1 Å². The van der Waals surface area contributed by atoms with Crippen molar-refractivity contribution in [3.8, 4) is 17.6 Å². The number of hydrogen-bond donors (Lipinski definition) is 0. The molecule has 0 N–H and O–H groups in total. The summed E-state index contributed by atoms with van der Waals surface area (Å²) in [6, 6.07) is 6.55. The molecule has 4 nitrogen and oxygen atoms in total. The highest BCUT2D eigenvalue weighted by Gasteiger charge is 2.52. The van der Waals surface area contributed by atoms with Crippen molar-refractivity contribution >= 4 is 10.8 Å². The Labute approximate surface area is 205 Å². The predicted molar refractivity (Wildman–Crippen MR) is 115 cm³/mol. The Hall–Kier alpha value is -3.33. The van der Waals surface area contributed by atoms with Crippen molar-refractivity contribution in [2.24, 2.45) is 5.41 Å². The molecule has 3 heterocycles. The van der Waals surface area contributed by atoms with Crippen LogP contribution in [-0.4, -0.2) is 26.0 Å². The van der Waals surface area contributed by atoms with Gasteiger partial charge in [0.15, 0.2) is 17.4 Å². The zero-order valence-electron chi connectivity index (χ0n) is 19.1. The molecule has 0 aliphatic carbocycles. The monoisotopic (exact) mass is 526 g/mol. The maximum Gasteiger partial charge on any atom is 0.458 e. The summed E-state index contributed by atoms with van der Waals surface area (Å²) in [5, 5.41) is -0.189. The van der Waals surface area contributed by atoms with Crippen molar-refractivity contribution in [1.82, 2.24) is 0 Å². The molecule has 0 atom stereocenters. The molecule has 3 fully saturated rings. The Morgan fingerprint density at radius 1 is 0.892 bits per heavy atom. The summed E-state index contributed by atoms with van der Waals surface area (Å²) in [6.07, 6.45) is -4.92. The molecule has 3 aromatic rings. The van der Waals surface area contributed by atoms with Gasteiger partial charge in [-0.3, -0.25) is 0 Å². The number of hydrogen-bond acceptors (Lipinski definition) is 4. The van der Waals surface area contributed by atoms with E-state index in [2.05, 4.69) is 0 Å². The maximum atomic E-state index is 14.8. The van der Waals surface area contributed by atoms with E-state index in [0.29, 0.717) is 0 Å². The van der Waals surface area contributed by atoms with Crippen molar-refractivity contribution in [3.05, 3.63) is 76.4 Å². The summed E-state index contributed by atoms with van der Waals surface area (Å²) in [4.78, 5) is 0.